The number of rotatable bonds is 4. The molecule has 1 rings (SSSR count). The maximum absolute atomic E-state index is 2.41. The second-order valence-corrected chi connectivity index (χ2v) is 4.77. The molecule has 1 atom stereocenters. The summed E-state index contributed by atoms with van der Waals surface area (Å²) in [4.78, 5) is 0. The van der Waals surface area contributed by atoms with Gasteiger partial charge in [-0.05, 0) is 25.7 Å². The fourth-order valence-corrected chi connectivity index (χ4v) is 1.64. The van der Waals surface area contributed by atoms with Crippen LogP contribution in [0.1, 0.15) is 80.6 Å². The SMILES string of the molecule is CC.CCC.CCCCCC1=CC(C)C(C)=C[CH]1. The Bertz CT molecular complexity index is 220. The van der Waals surface area contributed by atoms with Gasteiger partial charge in [0.1, 0.15) is 0 Å². The van der Waals surface area contributed by atoms with Gasteiger partial charge < -0.3 is 0 Å². The third-order valence-electron chi connectivity index (χ3n) is 2.81. The molecule has 1 radical (unpaired) electrons. The smallest absolute Gasteiger partial charge is 0.00801 e. The van der Waals surface area contributed by atoms with Crippen LogP contribution in [0, 0.1) is 12.3 Å². The van der Waals surface area contributed by atoms with E-state index in [-0.39, 0.29) is 0 Å². The van der Waals surface area contributed by atoms with E-state index in [4.69, 9.17) is 0 Å². The average molecular weight is 251 g/mol. The van der Waals surface area contributed by atoms with Gasteiger partial charge in [-0.25, -0.2) is 0 Å². The topological polar surface area (TPSA) is 0 Å². The lowest BCUT2D eigenvalue weighted by Crippen LogP contribution is -2.00. The third-order valence-corrected chi connectivity index (χ3v) is 2.81. The number of hydrogen-bond acceptors (Lipinski definition) is 0. The van der Waals surface area contributed by atoms with E-state index in [0.29, 0.717) is 5.92 Å². The molecule has 0 spiro atoms. The molecule has 0 amide bonds. The van der Waals surface area contributed by atoms with Crippen molar-refractivity contribution >= 4 is 0 Å². The molecular weight excluding hydrogens is 216 g/mol. The lowest BCUT2D eigenvalue weighted by molar-refractivity contribution is 0.706. The molecule has 0 heterocycles. The van der Waals surface area contributed by atoms with Crippen LogP contribution >= 0.6 is 0 Å². The molecule has 1 aliphatic carbocycles. The Kier molecular flexibility index (Phi) is 16.0. The molecule has 0 aromatic heterocycles. The molecule has 1 unspecified atom stereocenters. The fraction of sp³-hybridized carbons (Fsp3) is 0.722. The first-order chi connectivity index (χ1) is 8.65. The molecule has 0 aromatic rings. The summed E-state index contributed by atoms with van der Waals surface area (Å²) >= 11 is 0. The summed E-state index contributed by atoms with van der Waals surface area (Å²) in [6, 6.07) is 0. The second-order valence-electron chi connectivity index (χ2n) is 4.77. The maximum Gasteiger partial charge on any atom is 0.00801 e. The van der Waals surface area contributed by atoms with Gasteiger partial charge in [-0.1, -0.05) is 84.1 Å². The maximum atomic E-state index is 2.41. The Labute approximate surface area is 117 Å². The van der Waals surface area contributed by atoms with Crippen LogP contribution in [0.2, 0.25) is 0 Å². The molecule has 0 nitrogen and oxygen atoms in total. The van der Waals surface area contributed by atoms with Crippen molar-refractivity contribution in [2.45, 2.75) is 80.6 Å². The Hall–Kier alpha value is -0.520. The number of hydrogen-bond donors (Lipinski definition) is 0. The van der Waals surface area contributed by atoms with E-state index < -0.39 is 0 Å². The summed E-state index contributed by atoms with van der Waals surface area (Å²) in [6.45, 7) is 15.0. The van der Waals surface area contributed by atoms with Crippen molar-refractivity contribution in [3.8, 4) is 0 Å². The average Bonchev–Trinajstić information content (AvgIpc) is 2.37. The van der Waals surface area contributed by atoms with Gasteiger partial charge >= 0.3 is 0 Å². The van der Waals surface area contributed by atoms with Gasteiger partial charge in [0.2, 0.25) is 0 Å². The van der Waals surface area contributed by atoms with E-state index in [2.05, 4.69) is 53.2 Å². The van der Waals surface area contributed by atoms with Gasteiger partial charge in [0.25, 0.3) is 0 Å². The van der Waals surface area contributed by atoms with Crippen LogP contribution in [0.5, 0.6) is 0 Å². The van der Waals surface area contributed by atoms with Crippen molar-refractivity contribution in [3.05, 3.63) is 29.7 Å². The zero-order chi connectivity index (χ0) is 14.4. The molecule has 0 heteroatoms. The molecule has 0 N–H and O–H groups in total. The third kappa shape index (κ3) is 10.6. The van der Waals surface area contributed by atoms with Gasteiger partial charge in [-0.3, -0.25) is 0 Å². The van der Waals surface area contributed by atoms with Crippen molar-refractivity contribution in [1.29, 1.82) is 0 Å². The van der Waals surface area contributed by atoms with E-state index in [1.54, 1.807) is 0 Å². The zero-order valence-electron chi connectivity index (χ0n) is 13.8. The first-order valence-electron chi connectivity index (χ1n) is 7.87. The highest BCUT2D eigenvalue weighted by Crippen LogP contribution is 2.24. The van der Waals surface area contributed by atoms with Crippen LogP contribution in [-0.4, -0.2) is 0 Å². The van der Waals surface area contributed by atoms with Crippen molar-refractivity contribution in [2.24, 2.45) is 5.92 Å². The minimum atomic E-state index is 0.654. The molecule has 1 aliphatic rings. The van der Waals surface area contributed by atoms with Crippen molar-refractivity contribution in [3.63, 3.8) is 0 Å². The Balaban J connectivity index is 0. The van der Waals surface area contributed by atoms with Crippen LogP contribution in [0.15, 0.2) is 23.3 Å². The first-order valence-corrected chi connectivity index (χ1v) is 7.87. The molecule has 18 heavy (non-hydrogen) atoms. The number of allylic oxidation sites excluding steroid dienone is 4. The lowest BCUT2D eigenvalue weighted by Gasteiger charge is -2.16. The van der Waals surface area contributed by atoms with Crippen molar-refractivity contribution in [1.82, 2.24) is 0 Å². The molecule has 0 bridgehead atoms. The van der Waals surface area contributed by atoms with Gasteiger partial charge in [-0.2, -0.15) is 0 Å². The van der Waals surface area contributed by atoms with Crippen molar-refractivity contribution in [2.75, 3.05) is 0 Å². The highest BCUT2D eigenvalue weighted by atomic mass is 14.1. The summed E-state index contributed by atoms with van der Waals surface area (Å²) < 4.78 is 0. The van der Waals surface area contributed by atoms with Crippen LogP contribution < -0.4 is 0 Å². The molecule has 107 valence electrons. The molecule has 0 aliphatic heterocycles. The lowest BCUT2D eigenvalue weighted by atomic mass is 9.89. The monoisotopic (exact) mass is 251 g/mol. The normalized spacial score (nSPS) is 17.6. The molecule has 0 saturated carbocycles. The van der Waals surface area contributed by atoms with E-state index >= 15 is 0 Å². The van der Waals surface area contributed by atoms with Gasteiger partial charge in [0, 0.05) is 6.42 Å². The van der Waals surface area contributed by atoms with Crippen LogP contribution in [-0.2, 0) is 0 Å². The minimum absolute atomic E-state index is 0.654. The largest absolute Gasteiger partial charge is 0.0778 e. The molecule has 0 fully saturated rings. The van der Waals surface area contributed by atoms with Crippen molar-refractivity contribution < 1.29 is 0 Å². The molecular formula is C18H35. The first kappa shape index (κ1) is 19.8. The summed E-state index contributed by atoms with van der Waals surface area (Å²) in [5.41, 5.74) is 3.02. The summed E-state index contributed by atoms with van der Waals surface area (Å²) in [5.74, 6) is 0.654. The standard InChI is InChI=1S/C13H21.C3H8.C2H6/c1-4-5-6-7-13-9-8-11(2)12(3)10-13;1-3-2;1-2/h8-10,12H,4-7H2,1-3H3;3H2,1-2H3;1-2H3. The van der Waals surface area contributed by atoms with Gasteiger partial charge in [0.05, 0.1) is 0 Å². The minimum Gasteiger partial charge on any atom is -0.0778 e. The summed E-state index contributed by atoms with van der Waals surface area (Å²) in [5, 5.41) is 0. The van der Waals surface area contributed by atoms with E-state index in [1.165, 1.54) is 43.3 Å². The summed E-state index contributed by atoms with van der Waals surface area (Å²) in [6.07, 6.45) is 13.5. The number of unbranched alkanes of at least 4 members (excludes halogenated alkanes) is 2. The summed E-state index contributed by atoms with van der Waals surface area (Å²) in [7, 11) is 0. The quantitative estimate of drug-likeness (QED) is 0.485. The highest BCUT2D eigenvalue weighted by molar-refractivity contribution is 5.32. The van der Waals surface area contributed by atoms with Gasteiger partial charge in [0.15, 0.2) is 0 Å². The van der Waals surface area contributed by atoms with Gasteiger partial charge in [-0.15, -0.1) is 0 Å². The fourth-order valence-electron chi connectivity index (χ4n) is 1.64. The van der Waals surface area contributed by atoms with E-state index in [1.807, 2.05) is 13.8 Å². The second kappa shape index (κ2) is 14.5. The molecule has 0 aromatic carbocycles. The molecule has 0 saturated heterocycles. The van der Waals surface area contributed by atoms with E-state index in [0.717, 1.165) is 0 Å². The zero-order valence-corrected chi connectivity index (χ0v) is 13.8. The Morgan fingerprint density at radius 2 is 1.61 bits per heavy atom. The van der Waals surface area contributed by atoms with E-state index in [9.17, 15) is 0 Å². The predicted octanol–water partition coefficient (Wildman–Crippen LogP) is 6.74. The predicted molar refractivity (Wildman–Crippen MR) is 86.8 cm³/mol. The highest BCUT2D eigenvalue weighted by Gasteiger charge is 2.08. The van der Waals surface area contributed by atoms with Crippen LogP contribution in [0.3, 0.4) is 0 Å². The Morgan fingerprint density at radius 3 is 2.06 bits per heavy atom. The Morgan fingerprint density at radius 1 is 1.06 bits per heavy atom. The van der Waals surface area contributed by atoms with Crippen LogP contribution in [0.25, 0.3) is 0 Å². The van der Waals surface area contributed by atoms with Crippen LogP contribution in [0.4, 0.5) is 0 Å².